The number of halogens is 1. The molecule has 3 N–H and O–H groups in total. The van der Waals surface area contributed by atoms with Crippen molar-refractivity contribution in [2.45, 2.75) is 24.8 Å². The van der Waals surface area contributed by atoms with E-state index in [1.807, 2.05) is 0 Å². The zero-order valence-electron chi connectivity index (χ0n) is 10.5. The molecule has 0 aliphatic heterocycles. The Balaban J connectivity index is 3.05. The summed E-state index contributed by atoms with van der Waals surface area (Å²) in [5, 5.41) is 0.290. The van der Waals surface area contributed by atoms with E-state index in [4.69, 9.17) is 22.1 Å². The van der Waals surface area contributed by atoms with Crippen molar-refractivity contribution in [1.82, 2.24) is 4.72 Å². The number of nitrogens with two attached hydrogens (primary N) is 1. The van der Waals surface area contributed by atoms with Crippen LogP contribution in [0.2, 0.25) is 5.02 Å². The van der Waals surface area contributed by atoms with E-state index < -0.39 is 10.0 Å². The van der Waals surface area contributed by atoms with Gasteiger partial charge < -0.3 is 10.5 Å². The number of benzene rings is 1. The van der Waals surface area contributed by atoms with Crippen molar-refractivity contribution >= 4 is 27.3 Å². The van der Waals surface area contributed by atoms with Gasteiger partial charge in [0.2, 0.25) is 10.0 Å². The number of nitrogens with one attached hydrogen (secondary N) is 1. The predicted molar refractivity (Wildman–Crippen MR) is 72.3 cm³/mol. The lowest BCUT2D eigenvalue weighted by molar-refractivity contribution is 0.122. The molecule has 0 saturated carbocycles. The lowest BCUT2D eigenvalue weighted by atomic mass is 10.2. The Hall–Kier alpha value is -0.820. The smallest absolute Gasteiger partial charge is 0.241 e. The molecule has 5 nitrogen and oxygen atoms in total. The molecule has 1 aromatic carbocycles. The molecule has 1 atom stereocenters. The molecule has 0 aliphatic rings. The van der Waals surface area contributed by atoms with E-state index in [2.05, 4.69) is 4.72 Å². The second-order valence-electron chi connectivity index (χ2n) is 4.02. The fourth-order valence-electron chi connectivity index (χ4n) is 1.34. The molecule has 0 spiro atoms. The highest BCUT2D eigenvalue weighted by atomic mass is 35.5. The molecule has 18 heavy (non-hydrogen) atoms. The number of sulfonamides is 1. The van der Waals surface area contributed by atoms with Crippen LogP contribution in [0.5, 0.6) is 0 Å². The van der Waals surface area contributed by atoms with Gasteiger partial charge in [0.15, 0.2) is 0 Å². The third-order valence-electron chi connectivity index (χ3n) is 2.62. The largest absolute Gasteiger partial charge is 0.398 e. The molecule has 0 aromatic heterocycles. The van der Waals surface area contributed by atoms with Crippen LogP contribution in [-0.4, -0.2) is 28.2 Å². The summed E-state index contributed by atoms with van der Waals surface area (Å²) in [6, 6.07) is 2.90. The maximum atomic E-state index is 12.1. The van der Waals surface area contributed by atoms with E-state index in [1.54, 1.807) is 13.8 Å². The number of anilines is 1. The first-order valence-corrected chi connectivity index (χ1v) is 7.22. The van der Waals surface area contributed by atoms with Crippen molar-refractivity contribution in [2.75, 3.05) is 19.4 Å². The molecule has 0 aliphatic carbocycles. The zero-order valence-corrected chi connectivity index (χ0v) is 12.1. The van der Waals surface area contributed by atoms with E-state index >= 15 is 0 Å². The van der Waals surface area contributed by atoms with Crippen LogP contribution in [0.4, 0.5) is 5.69 Å². The minimum absolute atomic E-state index is 0.0933. The molecule has 1 aromatic rings. The van der Waals surface area contributed by atoms with E-state index in [0.29, 0.717) is 16.3 Å². The molecule has 1 unspecified atom stereocenters. The summed E-state index contributed by atoms with van der Waals surface area (Å²) in [5.74, 6) is 0. The van der Waals surface area contributed by atoms with Gasteiger partial charge in [-0.2, -0.15) is 0 Å². The van der Waals surface area contributed by atoms with Crippen molar-refractivity contribution in [3.8, 4) is 0 Å². The second-order valence-corrected chi connectivity index (χ2v) is 6.19. The summed E-state index contributed by atoms with van der Waals surface area (Å²) in [5.41, 5.74) is 6.53. The monoisotopic (exact) mass is 292 g/mol. The lowest BCUT2D eigenvalue weighted by Crippen LogP contribution is -2.32. The topological polar surface area (TPSA) is 81.4 Å². The van der Waals surface area contributed by atoms with Gasteiger partial charge in [-0.25, -0.2) is 13.1 Å². The summed E-state index contributed by atoms with van der Waals surface area (Å²) in [6.45, 7) is 3.59. The van der Waals surface area contributed by atoms with E-state index in [-0.39, 0.29) is 17.5 Å². The first-order chi connectivity index (χ1) is 8.27. The number of nitrogen functional groups attached to an aromatic ring is 1. The second kappa shape index (κ2) is 5.88. The summed E-state index contributed by atoms with van der Waals surface area (Å²) in [4.78, 5) is 0.0933. The SMILES string of the molecule is COC(C)CNS(=O)(=O)c1cc(Cl)cc(N)c1C. The maximum Gasteiger partial charge on any atom is 0.241 e. The van der Waals surface area contributed by atoms with Crippen LogP contribution in [-0.2, 0) is 14.8 Å². The Morgan fingerprint density at radius 2 is 2.11 bits per heavy atom. The predicted octanol–water partition coefficient (Wildman–Crippen LogP) is 1.54. The first-order valence-electron chi connectivity index (χ1n) is 5.36. The van der Waals surface area contributed by atoms with Crippen LogP contribution < -0.4 is 10.5 Å². The van der Waals surface area contributed by atoms with Crippen LogP contribution in [0.1, 0.15) is 12.5 Å². The number of ether oxygens (including phenoxy) is 1. The van der Waals surface area contributed by atoms with Gasteiger partial charge in [0.1, 0.15) is 0 Å². The lowest BCUT2D eigenvalue weighted by Gasteiger charge is -2.14. The molecule has 0 radical (unpaired) electrons. The minimum atomic E-state index is -3.64. The average molecular weight is 293 g/mol. The standard InChI is InChI=1S/C11H17ClN2O3S/c1-7(17-3)6-14-18(15,16)11-5-9(12)4-10(13)8(11)2/h4-5,7,14H,6,13H2,1-3H3. The van der Waals surface area contributed by atoms with Gasteiger partial charge in [0, 0.05) is 24.4 Å². The molecule has 0 bridgehead atoms. The van der Waals surface area contributed by atoms with Crippen molar-refractivity contribution < 1.29 is 13.2 Å². The number of methoxy groups -OCH3 is 1. The van der Waals surface area contributed by atoms with Crippen molar-refractivity contribution in [3.05, 3.63) is 22.7 Å². The normalized spacial score (nSPS) is 13.6. The molecule has 0 amide bonds. The molecule has 0 heterocycles. The van der Waals surface area contributed by atoms with Crippen LogP contribution >= 0.6 is 11.6 Å². The van der Waals surface area contributed by atoms with Gasteiger partial charge in [-0.1, -0.05) is 11.6 Å². The molecule has 7 heteroatoms. The molecule has 0 saturated heterocycles. The Kier molecular flexibility index (Phi) is 4.98. The highest BCUT2D eigenvalue weighted by Crippen LogP contribution is 2.25. The number of hydrogen-bond acceptors (Lipinski definition) is 4. The summed E-state index contributed by atoms with van der Waals surface area (Å²) in [6.07, 6.45) is -0.211. The van der Waals surface area contributed by atoms with Crippen LogP contribution in [0.15, 0.2) is 17.0 Å². The van der Waals surface area contributed by atoms with Crippen molar-refractivity contribution in [1.29, 1.82) is 0 Å². The molecule has 1 rings (SSSR count). The third-order valence-corrected chi connectivity index (χ3v) is 4.39. The van der Waals surface area contributed by atoms with Gasteiger partial charge in [0.25, 0.3) is 0 Å². The van der Waals surface area contributed by atoms with E-state index in [0.717, 1.165) is 0 Å². The molecular formula is C11H17ClN2O3S. The highest BCUT2D eigenvalue weighted by molar-refractivity contribution is 7.89. The highest BCUT2D eigenvalue weighted by Gasteiger charge is 2.19. The zero-order chi connectivity index (χ0) is 13.9. The van der Waals surface area contributed by atoms with Gasteiger partial charge >= 0.3 is 0 Å². The van der Waals surface area contributed by atoms with Crippen molar-refractivity contribution in [3.63, 3.8) is 0 Å². The van der Waals surface area contributed by atoms with E-state index in [9.17, 15) is 8.42 Å². The van der Waals surface area contributed by atoms with Crippen LogP contribution in [0.25, 0.3) is 0 Å². The minimum Gasteiger partial charge on any atom is -0.398 e. The summed E-state index contributed by atoms with van der Waals surface area (Å²) >= 11 is 5.82. The molecule has 0 fully saturated rings. The fourth-order valence-corrected chi connectivity index (χ4v) is 3.05. The Bertz CT molecular complexity index is 531. The van der Waals surface area contributed by atoms with Gasteiger partial charge in [-0.3, -0.25) is 0 Å². The van der Waals surface area contributed by atoms with E-state index in [1.165, 1.54) is 19.2 Å². The van der Waals surface area contributed by atoms with Crippen molar-refractivity contribution in [2.24, 2.45) is 0 Å². The quantitative estimate of drug-likeness (QED) is 0.807. The van der Waals surface area contributed by atoms with Gasteiger partial charge in [-0.05, 0) is 31.5 Å². The van der Waals surface area contributed by atoms with Crippen LogP contribution in [0, 0.1) is 6.92 Å². The van der Waals surface area contributed by atoms with Gasteiger partial charge in [-0.15, -0.1) is 0 Å². The number of hydrogen-bond donors (Lipinski definition) is 2. The fraction of sp³-hybridized carbons (Fsp3) is 0.455. The van der Waals surface area contributed by atoms with Crippen LogP contribution in [0.3, 0.4) is 0 Å². The Morgan fingerprint density at radius 1 is 1.50 bits per heavy atom. The number of rotatable bonds is 5. The maximum absolute atomic E-state index is 12.1. The average Bonchev–Trinajstić information content (AvgIpc) is 2.30. The summed E-state index contributed by atoms with van der Waals surface area (Å²) in [7, 11) is -2.12. The molecular weight excluding hydrogens is 276 g/mol. The Labute approximate surface area is 112 Å². The third kappa shape index (κ3) is 3.58. The molecule has 102 valence electrons. The summed E-state index contributed by atoms with van der Waals surface area (Å²) < 4.78 is 31.6. The Morgan fingerprint density at radius 3 is 2.67 bits per heavy atom. The first kappa shape index (κ1) is 15.2. The van der Waals surface area contributed by atoms with Gasteiger partial charge in [0.05, 0.1) is 11.0 Å².